The third-order valence-electron chi connectivity index (χ3n) is 6.29. The second kappa shape index (κ2) is 10.9. The molecule has 1 N–H and O–H groups in total. The molecule has 2 heterocycles. The average Bonchev–Trinajstić information content (AvgIpc) is 3.36. The van der Waals surface area contributed by atoms with Crippen molar-refractivity contribution in [2.75, 3.05) is 12.3 Å². The molecule has 6 nitrogen and oxygen atoms in total. The molecule has 1 amide bonds. The summed E-state index contributed by atoms with van der Waals surface area (Å²) in [7, 11) is 0. The van der Waals surface area contributed by atoms with Crippen LogP contribution in [0.4, 0.5) is 0 Å². The van der Waals surface area contributed by atoms with E-state index in [9.17, 15) is 9.59 Å². The van der Waals surface area contributed by atoms with Gasteiger partial charge < -0.3 is 9.88 Å². The van der Waals surface area contributed by atoms with Crippen LogP contribution < -0.4 is 5.56 Å². The lowest BCUT2D eigenvalue weighted by Crippen LogP contribution is -2.32. The molecule has 0 aliphatic rings. The molecule has 5 rings (SSSR count). The number of benzene rings is 3. The van der Waals surface area contributed by atoms with Crippen molar-refractivity contribution in [3.05, 3.63) is 113 Å². The van der Waals surface area contributed by atoms with E-state index in [1.807, 2.05) is 110 Å². The molecule has 7 heteroatoms. The summed E-state index contributed by atoms with van der Waals surface area (Å²) in [5.41, 5.74) is 5.53. The third kappa shape index (κ3) is 5.22. The molecule has 0 aliphatic carbocycles. The van der Waals surface area contributed by atoms with Gasteiger partial charge in [0.05, 0.1) is 11.4 Å². The Kier molecular flexibility index (Phi) is 7.23. The van der Waals surface area contributed by atoms with Gasteiger partial charge in [0.1, 0.15) is 11.0 Å². The van der Waals surface area contributed by atoms with Gasteiger partial charge in [-0.25, -0.2) is 4.98 Å². The first kappa shape index (κ1) is 24.6. The van der Waals surface area contributed by atoms with E-state index in [0.717, 1.165) is 27.9 Å². The average molecular weight is 509 g/mol. The van der Waals surface area contributed by atoms with E-state index in [-0.39, 0.29) is 17.2 Å². The smallest absolute Gasteiger partial charge is 0.283 e. The predicted octanol–water partition coefficient (Wildman–Crippen LogP) is 5.83. The number of H-pyrrole nitrogens is 1. The molecule has 0 radical (unpaired) electrons. The van der Waals surface area contributed by atoms with Crippen molar-refractivity contribution >= 4 is 28.7 Å². The Hall–Kier alpha value is -4.10. The van der Waals surface area contributed by atoms with Gasteiger partial charge in [-0.2, -0.15) is 0 Å². The Morgan fingerprint density at radius 1 is 1.00 bits per heavy atom. The van der Waals surface area contributed by atoms with Gasteiger partial charge in [-0.05, 0) is 42.7 Å². The van der Waals surface area contributed by atoms with Gasteiger partial charge in [0, 0.05) is 24.8 Å². The van der Waals surface area contributed by atoms with Crippen LogP contribution >= 0.6 is 11.8 Å². The largest absolute Gasteiger partial charge is 0.355 e. The maximum absolute atomic E-state index is 13.8. The molecule has 5 aromatic rings. The summed E-state index contributed by atoms with van der Waals surface area (Å²) >= 11 is 1.29. The first-order valence-corrected chi connectivity index (χ1v) is 13.2. The van der Waals surface area contributed by atoms with Crippen LogP contribution in [0, 0.1) is 6.92 Å². The van der Waals surface area contributed by atoms with E-state index in [4.69, 9.17) is 4.98 Å². The zero-order valence-corrected chi connectivity index (χ0v) is 21.7. The molecule has 0 bridgehead atoms. The molecular formula is C30H28N4O2S. The van der Waals surface area contributed by atoms with Crippen LogP contribution in [0.3, 0.4) is 0 Å². The van der Waals surface area contributed by atoms with Gasteiger partial charge in [-0.15, -0.1) is 0 Å². The summed E-state index contributed by atoms with van der Waals surface area (Å²) in [6.45, 7) is 5.11. The summed E-state index contributed by atoms with van der Waals surface area (Å²) in [5.74, 6) is 0.175. The molecule has 0 saturated heterocycles. The quantitative estimate of drug-likeness (QED) is 0.211. The minimum absolute atomic E-state index is 0.00107. The van der Waals surface area contributed by atoms with Crippen molar-refractivity contribution in [3.8, 4) is 16.8 Å². The Bertz CT molecular complexity index is 1590. The highest BCUT2D eigenvalue weighted by Crippen LogP contribution is 2.29. The topological polar surface area (TPSA) is 71.0 Å². The number of hydrogen-bond donors (Lipinski definition) is 1. The van der Waals surface area contributed by atoms with Crippen LogP contribution in [-0.4, -0.2) is 37.6 Å². The fraction of sp³-hybridized carbons (Fsp3) is 0.167. The number of thioether (sulfide) groups is 1. The number of aromatic amines is 1. The van der Waals surface area contributed by atoms with E-state index in [0.29, 0.717) is 29.3 Å². The summed E-state index contributed by atoms with van der Waals surface area (Å²) in [5, 5.41) is 0.490. The Labute approximate surface area is 220 Å². The molecule has 0 unspecified atom stereocenters. The molecule has 37 heavy (non-hydrogen) atoms. The Balaban J connectivity index is 1.53. The molecule has 186 valence electrons. The lowest BCUT2D eigenvalue weighted by atomic mass is 10.1. The van der Waals surface area contributed by atoms with Gasteiger partial charge in [0.15, 0.2) is 5.16 Å². The van der Waals surface area contributed by atoms with Crippen molar-refractivity contribution in [1.82, 2.24) is 19.4 Å². The van der Waals surface area contributed by atoms with Crippen LogP contribution in [-0.2, 0) is 11.3 Å². The number of fused-ring (bicyclic) bond motifs is 1. The fourth-order valence-corrected chi connectivity index (χ4v) is 5.27. The summed E-state index contributed by atoms with van der Waals surface area (Å²) in [6, 6.07) is 27.6. The first-order valence-electron chi connectivity index (χ1n) is 12.3. The molecule has 3 aromatic carbocycles. The highest BCUT2D eigenvalue weighted by Gasteiger charge is 2.20. The number of nitrogens with zero attached hydrogens (tertiary/aromatic N) is 3. The fourth-order valence-electron chi connectivity index (χ4n) is 4.37. The van der Waals surface area contributed by atoms with E-state index in [2.05, 4.69) is 4.98 Å². The van der Waals surface area contributed by atoms with Crippen molar-refractivity contribution in [2.24, 2.45) is 0 Å². The zero-order chi connectivity index (χ0) is 25.8. The van der Waals surface area contributed by atoms with Gasteiger partial charge in [-0.3, -0.25) is 14.2 Å². The van der Waals surface area contributed by atoms with Crippen LogP contribution in [0.15, 0.2) is 101 Å². The van der Waals surface area contributed by atoms with Gasteiger partial charge >= 0.3 is 0 Å². The SMILES string of the molecule is CCN(Cc1ccccc1)C(=O)CSc1nc2c(-c3ccccc3)c[nH]c2c(=O)n1-c1cccc(C)c1. The molecule has 0 atom stereocenters. The van der Waals surface area contributed by atoms with Gasteiger partial charge in [0.25, 0.3) is 5.56 Å². The second-order valence-electron chi connectivity index (χ2n) is 8.85. The van der Waals surface area contributed by atoms with E-state index in [1.54, 1.807) is 4.57 Å². The normalized spacial score (nSPS) is 11.1. The minimum atomic E-state index is -0.190. The van der Waals surface area contributed by atoms with Gasteiger partial charge in [-0.1, -0.05) is 84.6 Å². The minimum Gasteiger partial charge on any atom is -0.355 e. The van der Waals surface area contributed by atoms with E-state index < -0.39 is 0 Å². The summed E-state index contributed by atoms with van der Waals surface area (Å²) in [6.07, 6.45) is 1.83. The Morgan fingerprint density at radius 3 is 2.43 bits per heavy atom. The van der Waals surface area contributed by atoms with Gasteiger partial charge in [0.2, 0.25) is 5.91 Å². The second-order valence-corrected chi connectivity index (χ2v) is 9.79. The third-order valence-corrected chi connectivity index (χ3v) is 7.21. The summed E-state index contributed by atoms with van der Waals surface area (Å²) in [4.78, 5) is 36.9. The van der Waals surface area contributed by atoms with Crippen LogP contribution in [0.25, 0.3) is 27.8 Å². The predicted molar refractivity (Wildman–Crippen MR) is 150 cm³/mol. The Morgan fingerprint density at radius 2 is 1.73 bits per heavy atom. The number of rotatable bonds is 8. The van der Waals surface area contributed by atoms with Crippen molar-refractivity contribution in [3.63, 3.8) is 0 Å². The van der Waals surface area contributed by atoms with Crippen molar-refractivity contribution in [2.45, 2.75) is 25.5 Å². The van der Waals surface area contributed by atoms with Crippen LogP contribution in [0.5, 0.6) is 0 Å². The number of amides is 1. The highest BCUT2D eigenvalue weighted by atomic mass is 32.2. The lowest BCUT2D eigenvalue weighted by molar-refractivity contribution is -0.128. The molecule has 0 spiro atoms. The van der Waals surface area contributed by atoms with Crippen LogP contribution in [0.1, 0.15) is 18.1 Å². The van der Waals surface area contributed by atoms with E-state index in [1.165, 1.54) is 11.8 Å². The zero-order valence-electron chi connectivity index (χ0n) is 20.8. The summed E-state index contributed by atoms with van der Waals surface area (Å²) < 4.78 is 1.60. The standard InChI is InChI=1S/C30H28N4O2S/c1-3-33(19-22-12-6-4-7-13-22)26(35)20-37-30-32-27-25(23-14-8-5-9-15-23)18-31-28(27)29(36)34(30)24-16-10-11-21(2)17-24/h4-18,31H,3,19-20H2,1-2H3. The number of carbonyl (C=O) groups is 1. The molecule has 0 aliphatic heterocycles. The molecular weight excluding hydrogens is 480 g/mol. The van der Waals surface area contributed by atoms with Crippen molar-refractivity contribution in [1.29, 1.82) is 0 Å². The highest BCUT2D eigenvalue weighted by molar-refractivity contribution is 7.99. The number of aromatic nitrogens is 3. The monoisotopic (exact) mass is 508 g/mol. The number of hydrogen-bond acceptors (Lipinski definition) is 4. The van der Waals surface area contributed by atoms with Crippen molar-refractivity contribution < 1.29 is 4.79 Å². The lowest BCUT2D eigenvalue weighted by Gasteiger charge is -2.21. The number of carbonyl (C=O) groups excluding carboxylic acids is 1. The first-order chi connectivity index (χ1) is 18.0. The number of nitrogens with one attached hydrogen (secondary N) is 1. The number of aryl methyl sites for hydroxylation is 1. The molecule has 2 aromatic heterocycles. The molecule has 0 saturated carbocycles. The maximum Gasteiger partial charge on any atom is 0.283 e. The van der Waals surface area contributed by atoms with Crippen LogP contribution in [0.2, 0.25) is 0 Å². The van der Waals surface area contributed by atoms with E-state index >= 15 is 0 Å². The maximum atomic E-state index is 13.8. The molecule has 0 fully saturated rings.